The summed E-state index contributed by atoms with van der Waals surface area (Å²) in [6.07, 6.45) is 0. The first-order valence-corrected chi connectivity index (χ1v) is 7.00. The van der Waals surface area contributed by atoms with Crippen LogP contribution in [0.15, 0.2) is 27.5 Å². The molecule has 0 saturated carbocycles. The summed E-state index contributed by atoms with van der Waals surface area (Å²) in [6.45, 7) is 1.88. The van der Waals surface area contributed by atoms with Crippen LogP contribution in [-0.4, -0.2) is 19.3 Å². The van der Waals surface area contributed by atoms with E-state index in [1.165, 1.54) is 17.8 Å². The first-order chi connectivity index (χ1) is 7.53. The lowest BCUT2D eigenvalue weighted by Gasteiger charge is -2.16. The van der Waals surface area contributed by atoms with Crippen LogP contribution >= 0.6 is 11.8 Å². The maximum absolute atomic E-state index is 13.0. The van der Waals surface area contributed by atoms with E-state index in [4.69, 9.17) is 0 Å². The molecule has 1 N–H and O–H groups in total. The van der Waals surface area contributed by atoms with Crippen molar-refractivity contribution >= 4 is 32.6 Å². The molecule has 86 valence electrons. The van der Waals surface area contributed by atoms with Gasteiger partial charge in [-0.15, -0.1) is 4.40 Å². The van der Waals surface area contributed by atoms with Crippen LogP contribution in [0.25, 0.3) is 0 Å². The maximum atomic E-state index is 13.0. The Hall–Kier alpha value is -1.08. The highest BCUT2D eigenvalue weighted by Crippen LogP contribution is 2.29. The lowest BCUT2D eigenvalue weighted by molar-refractivity contribution is 0.596. The Morgan fingerprint density at radius 3 is 2.94 bits per heavy atom. The molecular formula is C9H9FN2O2S2. The van der Waals surface area contributed by atoms with Gasteiger partial charge in [-0.1, -0.05) is 18.7 Å². The molecule has 1 aliphatic heterocycles. The number of hydrogen-bond donors (Lipinski definition) is 1. The minimum Gasteiger partial charge on any atom is -0.333 e. The van der Waals surface area contributed by atoms with Gasteiger partial charge >= 0.3 is 0 Å². The second kappa shape index (κ2) is 4.06. The molecule has 7 heteroatoms. The molecule has 0 bridgehead atoms. The van der Waals surface area contributed by atoms with Crippen LogP contribution in [0.3, 0.4) is 0 Å². The number of sulfonamides is 1. The summed E-state index contributed by atoms with van der Waals surface area (Å²) in [7, 11) is -3.69. The minimum absolute atomic E-state index is 0.00866. The molecule has 0 fully saturated rings. The molecule has 0 spiro atoms. The largest absolute Gasteiger partial charge is 0.333 e. The van der Waals surface area contributed by atoms with E-state index in [9.17, 15) is 12.8 Å². The highest BCUT2D eigenvalue weighted by molar-refractivity contribution is 8.14. The number of amidine groups is 1. The fourth-order valence-electron chi connectivity index (χ4n) is 1.32. The van der Waals surface area contributed by atoms with Gasteiger partial charge in [-0.3, -0.25) is 0 Å². The monoisotopic (exact) mass is 260 g/mol. The third-order valence-electron chi connectivity index (χ3n) is 1.95. The second-order valence-corrected chi connectivity index (χ2v) is 5.90. The van der Waals surface area contributed by atoms with Crippen LogP contribution in [0, 0.1) is 5.82 Å². The Balaban J connectivity index is 2.52. The number of thioether (sulfide) groups is 1. The van der Waals surface area contributed by atoms with Crippen LogP contribution in [0.2, 0.25) is 0 Å². The molecule has 1 aromatic carbocycles. The Morgan fingerprint density at radius 2 is 2.25 bits per heavy atom. The van der Waals surface area contributed by atoms with Gasteiger partial charge in [-0.05, 0) is 24.0 Å². The van der Waals surface area contributed by atoms with Gasteiger partial charge in [0.25, 0.3) is 10.0 Å². The summed E-state index contributed by atoms with van der Waals surface area (Å²) >= 11 is 1.26. The van der Waals surface area contributed by atoms with Crippen LogP contribution in [0.1, 0.15) is 6.92 Å². The number of anilines is 1. The van der Waals surface area contributed by atoms with E-state index in [2.05, 4.69) is 9.71 Å². The molecule has 4 nitrogen and oxygen atoms in total. The molecule has 1 heterocycles. The van der Waals surface area contributed by atoms with Gasteiger partial charge in [-0.2, -0.15) is 8.42 Å². The predicted octanol–water partition coefficient (Wildman–Crippen LogP) is 2.05. The van der Waals surface area contributed by atoms with Gasteiger partial charge in [0.15, 0.2) is 5.17 Å². The Bertz CT molecular complexity index is 555. The van der Waals surface area contributed by atoms with Gasteiger partial charge in [0.05, 0.1) is 5.69 Å². The van der Waals surface area contributed by atoms with Crippen LogP contribution in [0.4, 0.5) is 10.1 Å². The number of nitrogens with zero attached hydrogens (tertiary/aromatic N) is 1. The summed E-state index contributed by atoms with van der Waals surface area (Å²) in [5.74, 6) is 0.204. The van der Waals surface area contributed by atoms with Crippen molar-refractivity contribution in [1.29, 1.82) is 0 Å². The van der Waals surface area contributed by atoms with E-state index >= 15 is 0 Å². The number of halogens is 1. The highest BCUT2D eigenvalue weighted by Gasteiger charge is 2.24. The second-order valence-electron chi connectivity index (χ2n) is 3.07. The molecule has 0 saturated heterocycles. The SMILES string of the molecule is CCSC1=NS(=O)(=O)c2ccc(F)cc2N1. The zero-order chi connectivity index (χ0) is 11.8. The molecular weight excluding hydrogens is 251 g/mol. The average molecular weight is 260 g/mol. The summed E-state index contributed by atoms with van der Waals surface area (Å²) in [5.41, 5.74) is 0.242. The Morgan fingerprint density at radius 1 is 1.50 bits per heavy atom. The van der Waals surface area contributed by atoms with Gasteiger partial charge in [0.2, 0.25) is 0 Å². The van der Waals surface area contributed by atoms with Crippen molar-refractivity contribution in [1.82, 2.24) is 0 Å². The molecule has 0 unspecified atom stereocenters. The highest BCUT2D eigenvalue weighted by atomic mass is 32.2. The lowest BCUT2D eigenvalue weighted by Crippen LogP contribution is -2.19. The standard InChI is InChI=1S/C9H9FN2O2S2/c1-2-15-9-11-7-5-6(10)3-4-8(7)16(13,14)12-9/h3-5H,2H2,1H3,(H,11,12). The van der Waals surface area contributed by atoms with Crippen molar-refractivity contribution in [2.75, 3.05) is 11.1 Å². The molecule has 16 heavy (non-hydrogen) atoms. The van der Waals surface area contributed by atoms with Crippen molar-refractivity contribution < 1.29 is 12.8 Å². The van der Waals surface area contributed by atoms with Crippen LogP contribution in [-0.2, 0) is 10.0 Å². The van der Waals surface area contributed by atoms with Crippen molar-refractivity contribution in [3.63, 3.8) is 0 Å². The number of nitrogens with one attached hydrogen (secondary N) is 1. The fourth-order valence-corrected chi connectivity index (χ4v) is 3.27. The van der Waals surface area contributed by atoms with E-state index in [0.29, 0.717) is 5.75 Å². The smallest absolute Gasteiger partial charge is 0.286 e. The molecule has 0 radical (unpaired) electrons. The van der Waals surface area contributed by atoms with Gasteiger partial charge in [-0.25, -0.2) is 4.39 Å². The summed E-state index contributed by atoms with van der Waals surface area (Å²) < 4.78 is 40.0. The quantitative estimate of drug-likeness (QED) is 0.839. The van der Waals surface area contributed by atoms with E-state index in [1.54, 1.807) is 0 Å². The average Bonchev–Trinajstić information content (AvgIpc) is 2.15. The van der Waals surface area contributed by atoms with Crippen LogP contribution < -0.4 is 5.32 Å². The zero-order valence-electron chi connectivity index (χ0n) is 8.40. The summed E-state index contributed by atoms with van der Waals surface area (Å²) in [6, 6.07) is 3.47. The lowest BCUT2D eigenvalue weighted by atomic mass is 10.3. The molecule has 0 aliphatic carbocycles. The van der Waals surface area contributed by atoms with Gasteiger partial charge in [0, 0.05) is 0 Å². The van der Waals surface area contributed by atoms with E-state index in [0.717, 1.165) is 12.1 Å². The van der Waals surface area contributed by atoms with E-state index < -0.39 is 15.8 Å². The Labute approximate surface area is 97.0 Å². The predicted molar refractivity (Wildman–Crippen MR) is 62.8 cm³/mol. The van der Waals surface area contributed by atoms with E-state index in [1.807, 2.05) is 6.92 Å². The molecule has 0 aromatic heterocycles. The minimum atomic E-state index is -3.69. The normalized spacial score (nSPS) is 17.2. The third-order valence-corrected chi connectivity index (χ3v) is 4.15. The van der Waals surface area contributed by atoms with Crippen molar-refractivity contribution in [3.8, 4) is 0 Å². The molecule has 0 amide bonds. The maximum Gasteiger partial charge on any atom is 0.286 e. The fraction of sp³-hybridized carbons (Fsp3) is 0.222. The van der Waals surface area contributed by atoms with Crippen molar-refractivity contribution in [3.05, 3.63) is 24.0 Å². The van der Waals surface area contributed by atoms with Crippen molar-refractivity contribution in [2.24, 2.45) is 4.40 Å². The van der Waals surface area contributed by atoms with Gasteiger partial charge < -0.3 is 5.32 Å². The molecule has 1 aliphatic rings. The first-order valence-electron chi connectivity index (χ1n) is 4.57. The molecule has 2 rings (SSSR count). The third kappa shape index (κ3) is 2.05. The van der Waals surface area contributed by atoms with E-state index in [-0.39, 0.29) is 15.8 Å². The zero-order valence-corrected chi connectivity index (χ0v) is 10.0. The Kier molecular flexibility index (Phi) is 2.90. The number of benzene rings is 1. The number of hydrogen-bond acceptors (Lipinski definition) is 4. The number of fused-ring (bicyclic) bond motifs is 1. The molecule has 1 aromatic rings. The summed E-state index contributed by atoms with van der Waals surface area (Å²) in [5, 5.41) is 3.07. The number of rotatable bonds is 1. The van der Waals surface area contributed by atoms with Gasteiger partial charge in [0.1, 0.15) is 10.7 Å². The summed E-state index contributed by atoms with van der Waals surface area (Å²) in [4.78, 5) is 0.00866. The molecule has 0 atom stereocenters. The van der Waals surface area contributed by atoms with Crippen LogP contribution in [0.5, 0.6) is 0 Å². The first kappa shape index (κ1) is 11.4. The topological polar surface area (TPSA) is 58.5 Å². The van der Waals surface area contributed by atoms with Crippen molar-refractivity contribution in [2.45, 2.75) is 11.8 Å².